The number of hydrogen-bond acceptors (Lipinski definition) is 3. The van der Waals surface area contributed by atoms with Crippen molar-refractivity contribution in [2.45, 2.75) is 37.8 Å². The summed E-state index contributed by atoms with van der Waals surface area (Å²) in [4.78, 5) is 2.53. The van der Waals surface area contributed by atoms with Crippen molar-refractivity contribution in [2.75, 3.05) is 11.4 Å². The average Bonchev–Trinajstić information content (AvgIpc) is 2.86. The molecule has 0 radical (unpaired) electrons. The van der Waals surface area contributed by atoms with Crippen LogP contribution in [-0.4, -0.2) is 21.0 Å². The second-order valence-electron chi connectivity index (χ2n) is 9.02. The zero-order chi connectivity index (χ0) is 24.7. The van der Waals surface area contributed by atoms with E-state index in [0.717, 1.165) is 16.8 Å². The molecule has 0 aliphatic rings. The minimum absolute atomic E-state index is 0.283. The highest BCUT2D eigenvalue weighted by molar-refractivity contribution is 7.89. The fourth-order valence-electron chi connectivity index (χ4n) is 4.13. The molecule has 0 amide bonds. The zero-order valence-electron chi connectivity index (χ0n) is 20.3. The molecule has 180 valence electrons. The van der Waals surface area contributed by atoms with E-state index in [1.165, 1.54) is 11.1 Å². The van der Waals surface area contributed by atoms with Gasteiger partial charge in [-0.05, 0) is 55.7 Å². The van der Waals surface area contributed by atoms with Crippen LogP contribution in [0.4, 0.5) is 5.69 Å². The summed E-state index contributed by atoms with van der Waals surface area (Å²) in [6.07, 6.45) is 0.586. The van der Waals surface area contributed by atoms with Gasteiger partial charge >= 0.3 is 0 Å². The number of aryl methyl sites for hydroxylation is 2. The molecule has 1 atom stereocenters. The number of nitrogens with zero attached hydrogens (tertiary/aromatic N) is 1. The molecular formula is C30H32N2O2S. The van der Waals surface area contributed by atoms with Gasteiger partial charge in [-0.1, -0.05) is 96.1 Å². The molecule has 0 saturated heterocycles. The fraction of sp³-hybridized carbons (Fsp3) is 0.200. The molecule has 0 spiro atoms. The molecule has 0 bridgehead atoms. The maximum atomic E-state index is 13.3. The Morgan fingerprint density at radius 3 is 1.83 bits per heavy atom. The van der Waals surface area contributed by atoms with Crippen LogP contribution in [0, 0.1) is 13.8 Å². The van der Waals surface area contributed by atoms with E-state index in [-0.39, 0.29) is 10.9 Å². The van der Waals surface area contributed by atoms with E-state index in [1.807, 2.05) is 67.6 Å². The number of sulfonamides is 1. The Kier molecular flexibility index (Phi) is 8.01. The van der Waals surface area contributed by atoms with Gasteiger partial charge in [-0.3, -0.25) is 0 Å². The molecule has 4 rings (SSSR count). The molecule has 4 nitrogen and oxygen atoms in total. The molecule has 0 aromatic heterocycles. The first kappa shape index (κ1) is 24.7. The van der Waals surface area contributed by atoms with Crippen LogP contribution >= 0.6 is 0 Å². The third kappa shape index (κ3) is 7.04. The second kappa shape index (κ2) is 11.3. The van der Waals surface area contributed by atoms with Crippen molar-refractivity contribution >= 4 is 15.7 Å². The van der Waals surface area contributed by atoms with Gasteiger partial charge in [0.1, 0.15) is 0 Å². The van der Waals surface area contributed by atoms with Crippen LogP contribution in [-0.2, 0) is 23.0 Å². The highest BCUT2D eigenvalue weighted by Gasteiger charge is 2.23. The topological polar surface area (TPSA) is 49.4 Å². The fourth-order valence-corrected chi connectivity index (χ4v) is 5.35. The third-order valence-electron chi connectivity index (χ3n) is 6.03. The normalized spacial score (nSPS) is 12.3. The minimum Gasteiger partial charge on any atom is -0.366 e. The highest BCUT2D eigenvalue weighted by atomic mass is 32.2. The second-order valence-corrected chi connectivity index (χ2v) is 10.7. The van der Waals surface area contributed by atoms with E-state index in [1.54, 1.807) is 12.1 Å². The maximum Gasteiger partial charge on any atom is 0.240 e. The van der Waals surface area contributed by atoms with Crippen LogP contribution in [0.15, 0.2) is 114 Å². The summed E-state index contributed by atoms with van der Waals surface area (Å²) < 4.78 is 29.7. The Morgan fingerprint density at radius 2 is 1.23 bits per heavy atom. The average molecular weight is 485 g/mol. The van der Waals surface area contributed by atoms with E-state index in [9.17, 15) is 8.42 Å². The molecule has 1 N–H and O–H groups in total. The molecule has 0 fully saturated rings. The predicted octanol–water partition coefficient (Wildman–Crippen LogP) is 5.90. The smallest absolute Gasteiger partial charge is 0.240 e. The zero-order valence-corrected chi connectivity index (χ0v) is 21.1. The van der Waals surface area contributed by atoms with Gasteiger partial charge in [0.25, 0.3) is 0 Å². The Labute approximate surface area is 209 Å². The van der Waals surface area contributed by atoms with Crippen molar-refractivity contribution in [3.05, 3.63) is 131 Å². The summed E-state index contributed by atoms with van der Waals surface area (Å²) in [5.41, 5.74) is 5.57. The van der Waals surface area contributed by atoms with Gasteiger partial charge in [-0.25, -0.2) is 13.1 Å². The molecule has 0 aliphatic heterocycles. The molecule has 0 heterocycles. The Morgan fingerprint density at radius 1 is 0.686 bits per heavy atom. The molecule has 0 aliphatic carbocycles. The largest absolute Gasteiger partial charge is 0.366 e. The lowest BCUT2D eigenvalue weighted by atomic mass is 10.1. The summed E-state index contributed by atoms with van der Waals surface area (Å²) >= 11 is 0. The van der Waals surface area contributed by atoms with Crippen molar-refractivity contribution in [1.29, 1.82) is 0 Å². The minimum atomic E-state index is -3.68. The first-order chi connectivity index (χ1) is 16.9. The standard InChI is InChI=1S/C30H32N2O2S/c1-24-13-17-27(18-14-24)22-32(29-11-7-4-8-12-29)23-28(21-26-9-5-3-6-10-26)31-35(33,34)30-19-15-25(2)16-20-30/h3-20,28,31H,21-23H2,1-2H3/t28-/m0/s1. The molecule has 35 heavy (non-hydrogen) atoms. The van der Waals surface area contributed by atoms with E-state index >= 15 is 0 Å². The van der Waals surface area contributed by atoms with Crippen LogP contribution in [0.3, 0.4) is 0 Å². The van der Waals surface area contributed by atoms with Gasteiger partial charge in [0.2, 0.25) is 10.0 Å². The summed E-state index contributed by atoms with van der Waals surface area (Å²) in [5.74, 6) is 0. The number of para-hydroxylation sites is 1. The molecule has 4 aromatic carbocycles. The number of rotatable bonds is 10. The van der Waals surface area contributed by atoms with E-state index in [4.69, 9.17) is 0 Å². The SMILES string of the molecule is Cc1ccc(CN(C[C@H](Cc2ccccc2)NS(=O)(=O)c2ccc(C)cc2)c2ccccc2)cc1. The maximum absolute atomic E-state index is 13.3. The van der Waals surface area contributed by atoms with Crippen LogP contribution in [0.5, 0.6) is 0 Å². The van der Waals surface area contributed by atoms with Gasteiger partial charge in [0, 0.05) is 24.8 Å². The van der Waals surface area contributed by atoms with E-state index in [0.29, 0.717) is 19.5 Å². The summed E-state index contributed by atoms with van der Waals surface area (Å²) in [6.45, 7) is 5.24. The van der Waals surface area contributed by atoms with Gasteiger partial charge in [0.15, 0.2) is 0 Å². The number of nitrogens with one attached hydrogen (secondary N) is 1. The Balaban J connectivity index is 1.64. The van der Waals surface area contributed by atoms with Crippen molar-refractivity contribution in [1.82, 2.24) is 4.72 Å². The van der Waals surface area contributed by atoms with Crippen LogP contribution in [0.25, 0.3) is 0 Å². The van der Waals surface area contributed by atoms with Crippen LogP contribution in [0.2, 0.25) is 0 Å². The number of hydrogen-bond donors (Lipinski definition) is 1. The monoisotopic (exact) mass is 484 g/mol. The predicted molar refractivity (Wildman–Crippen MR) is 144 cm³/mol. The van der Waals surface area contributed by atoms with Crippen LogP contribution < -0.4 is 9.62 Å². The summed E-state index contributed by atoms with van der Waals surface area (Å²) in [5, 5.41) is 0. The highest BCUT2D eigenvalue weighted by Crippen LogP contribution is 2.20. The first-order valence-corrected chi connectivity index (χ1v) is 13.4. The molecule has 4 aromatic rings. The lowest BCUT2D eigenvalue weighted by molar-refractivity contribution is 0.536. The number of benzene rings is 4. The lowest BCUT2D eigenvalue weighted by Gasteiger charge is -2.30. The lowest BCUT2D eigenvalue weighted by Crippen LogP contribution is -2.45. The number of anilines is 1. The van der Waals surface area contributed by atoms with E-state index < -0.39 is 10.0 Å². The van der Waals surface area contributed by atoms with Crippen molar-refractivity contribution in [3.63, 3.8) is 0 Å². The van der Waals surface area contributed by atoms with Crippen molar-refractivity contribution in [3.8, 4) is 0 Å². The molecule has 0 saturated carbocycles. The van der Waals surface area contributed by atoms with Gasteiger partial charge in [-0.2, -0.15) is 0 Å². The summed E-state index contributed by atoms with van der Waals surface area (Å²) in [6, 6.07) is 35.4. The van der Waals surface area contributed by atoms with Gasteiger partial charge in [0.05, 0.1) is 4.90 Å². The third-order valence-corrected chi connectivity index (χ3v) is 7.57. The Bertz CT molecular complexity index is 1300. The van der Waals surface area contributed by atoms with Gasteiger partial charge < -0.3 is 4.90 Å². The molecule has 5 heteroatoms. The molecule has 0 unspecified atom stereocenters. The first-order valence-electron chi connectivity index (χ1n) is 11.9. The summed E-state index contributed by atoms with van der Waals surface area (Å²) in [7, 11) is -3.68. The van der Waals surface area contributed by atoms with E-state index in [2.05, 4.69) is 52.9 Å². The van der Waals surface area contributed by atoms with Crippen LogP contribution in [0.1, 0.15) is 22.3 Å². The quantitative estimate of drug-likeness (QED) is 0.305. The van der Waals surface area contributed by atoms with Gasteiger partial charge in [-0.15, -0.1) is 0 Å². The van der Waals surface area contributed by atoms with Crippen molar-refractivity contribution < 1.29 is 8.42 Å². The molecular weight excluding hydrogens is 452 g/mol. The van der Waals surface area contributed by atoms with Crippen molar-refractivity contribution in [2.24, 2.45) is 0 Å². The Hall–Kier alpha value is -3.41.